The zero-order valence-electron chi connectivity index (χ0n) is 14.1. The lowest BCUT2D eigenvalue weighted by Crippen LogP contribution is -1.90. The summed E-state index contributed by atoms with van der Waals surface area (Å²) in [6, 6.07) is 29.4. The molecule has 0 amide bonds. The second-order valence-electron chi connectivity index (χ2n) is 6.31. The van der Waals surface area contributed by atoms with Crippen molar-refractivity contribution in [2.75, 3.05) is 0 Å². The molecule has 0 radical (unpaired) electrons. The van der Waals surface area contributed by atoms with E-state index in [1.165, 1.54) is 11.1 Å². The first-order valence-electron chi connectivity index (χ1n) is 8.69. The summed E-state index contributed by atoms with van der Waals surface area (Å²) in [5.74, 6) is 0. The normalized spacial score (nSPS) is 11.1. The third-order valence-electron chi connectivity index (χ3n) is 4.77. The van der Waals surface area contributed by atoms with Crippen LogP contribution in [0.3, 0.4) is 0 Å². The van der Waals surface area contributed by atoms with Crippen molar-refractivity contribution in [3.8, 4) is 22.3 Å². The number of nitrogens with zero attached hydrogens (tertiary/aromatic N) is 2. The molecule has 5 rings (SSSR count). The highest BCUT2D eigenvalue weighted by atomic mass is 14.7. The van der Waals surface area contributed by atoms with Crippen LogP contribution in [-0.2, 0) is 0 Å². The fourth-order valence-corrected chi connectivity index (χ4v) is 3.60. The molecule has 122 valence electrons. The topological polar surface area (TPSA) is 25.8 Å². The Morgan fingerprint density at radius 3 is 1.31 bits per heavy atom. The lowest BCUT2D eigenvalue weighted by atomic mass is 9.92. The summed E-state index contributed by atoms with van der Waals surface area (Å²) in [5.41, 5.74) is 6.69. The van der Waals surface area contributed by atoms with Gasteiger partial charge in [0.05, 0.1) is 11.0 Å². The number of hydrogen-bond acceptors (Lipinski definition) is 2. The summed E-state index contributed by atoms with van der Waals surface area (Å²) in [4.78, 5) is 9.28. The molecule has 0 spiro atoms. The van der Waals surface area contributed by atoms with Crippen molar-refractivity contribution in [3.05, 3.63) is 97.3 Å². The number of aromatic nitrogens is 2. The largest absolute Gasteiger partial charge is 0.256 e. The predicted octanol–water partition coefficient (Wildman–Crippen LogP) is 6.12. The van der Waals surface area contributed by atoms with Crippen LogP contribution < -0.4 is 0 Å². The molecule has 2 heterocycles. The van der Waals surface area contributed by atoms with Crippen LogP contribution in [0.15, 0.2) is 97.3 Å². The van der Waals surface area contributed by atoms with Crippen LogP contribution in [0.2, 0.25) is 0 Å². The number of pyridine rings is 2. The minimum absolute atomic E-state index is 1.02. The Kier molecular flexibility index (Phi) is 3.46. The average Bonchev–Trinajstić information content (AvgIpc) is 2.73. The van der Waals surface area contributed by atoms with E-state index in [1.54, 1.807) is 0 Å². The molecule has 2 nitrogen and oxygen atoms in total. The average molecular weight is 332 g/mol. The molecule has 3 aromatic carbocycles. The molecule has 0 aliphatic carbocycles. The Morgan fingerprint density at radius 1 is 0.385 bits per heavy atom. The molecule has 5 aromatic rings. The van der Waals surface area contributed by atoms with Gasteiger partial charge >= 0.3 is 0 Å². The van der Waals surface area contributed by atoms with Crippen LogP contribution in [0.4, 0.5) is 0 Å². The summed E-state index contributed by atoms with van der Waals surface area (Å²) >= 11 is 0. The van der Waals surface area contributed by atoms with E-state index in [9.17, 15) is 0 Å². The smallest absolute Gasteiger partial charge is 0.0780 e. The maximum atomic E-state index is 4.64. The highest BCUT2D eigenvalue weighted by molar-refractivity contribution is 6.02. The van der Waals surface area contributed by atoms with E-state index in [-0.39, 0.29) is 0 Å². The summed E-state index contributed by atoms with van der Waals surface area (Å²) in [6.45, 7) is 0. The van der Waals surface area contributed by atoms with E-state index in [0.29, 0.717) is 0 Å². The van der Waals surface area contributed by atoms with Gasteiger partial charge in [0, 0.05) is 34.3 Å². The minimum Gasteiger partial charge on any atom is -0.256 e. The SMILES string of the molecule is c1ccc(-c2cccc3cccnc23)c(-c2cccc3cccnc23)c1. The van der Waals surface area contributed by atoms with E-state index in [2.05, 4.69) is 82.8 Å². The molecular weight excluding hydrogens is 316 g/mol. The zero-order valence-corrected chi connectivity index (χ0v) is 14.1. The highest BCUT2D eigenvalue weighted by Gasteiger charge is 2.13. The standard InChI is InChI=1S/C24H16N2/c1-2-12-20(22-14-4-8-18-10-6-16-26-24(18)22)19(11-1)21-13-3-7-17-9-5-15-25-23(17)21/h1-16H. The predicted molar refractivity (Wildman–Crippen MR) is 108 cm³/mol. The van der Waals surface area contributed by atoms with Gasteiger partial charge in [-0.3, -0.25) is 9.97 Å². The molecule has 0 bridgehead atoms. The minimum atomic E-state index is 1.02. The van der Waals surface area contributed by atoms with Crippen molar-refractivity contribution in [1.82, 2.24) is 9.97 Å². The lowest BCUT2D eigenvalue weighted by molar-refractivity contribution is 1.40. The second-order valence-corrected chi connectivity index (χ2v) is 6.31. The molecule has 0 atom stereocenters. The van der Waals surface area contributed by atoms with Gasteiger partial charge in [0.1, 0.15) is 0 Å². The Morgan fingerprint density at radius 2 is 0.808 bits per heavy atom. The molecule has 0 unspecified atom stereocenters. The number of benzene rings is 3. The van der Waals surface area contributed by atoms with Crippen LogP contribution in [0.1, 0.15) is 0 Å². The molecule has 2 aromatic heterocycles. The molecule has 0 aliphatic heterocycles. The molecule has 2 heteroatoms. The molecule has 0 saturated carbocycles. The van der Waals surface area contributed by atoms with Gasteiger partial charge in [-0.15, -0.1) is 0 Å². The Hall–Kier alpha value is -3.52. The van der Waals surface area contributed by atoms with E-state index in [4.69, 9.17) is 0 Å². The number of fused-ring (bicyclic) bond motifs is 2. The fraction of sp³-hybridized carbons (Fsp3) is 0. The Balaban J connectivity index is 1.83. The van der Waals surface area contributed by atoms with Gasteiger partial charge in [-0.2, -0.15) is 0 Å². The molecule has 0 N–H and O–H groups in total. The fourth-order valence-electron chi connectivity index (χ4n) is 3.60. The van der Waals surface area contributed by atoms with E-state index in [1.807, 2.05) is 24.5 Å². The monoisotopic (exact) mass is 332 g/mol. The summed E-state index contributed by atoms with van der Waals surface area (Å²) < 4.78 is 0. The van der Waals surface area contributed by atoms with E-state index < -0.39 is 0 Å². The zero-order chi connectivity index (χ0) is 17.3. The molecule has 0 saturated heterocycles. The first-order chi connectivity index (χ1) is 12.9. The van der Waals surface area contributed by atoms with Crippen molar-refractivity contribution in [2.24, 2.45) is 0 Å². The lowest BCUT2D eigenvalue weighted by Gasteiger charge is -2.13. The number of rotatable bonds is 2. The van der Waals surface area contributed by atoms with Gasteiger partial charge in [-0.05, 0) is 23.3 Å². The third-order valence-corrected chi connectivity index (χ3v) is 4.77. The Bertz CT molecular complexity index is 1130. The highest BCUT2D eigenvalue weighted by Crippen LogP contribution is 2.37. The van der Waals surface area contributed by atoms with Crippen LogP contribution in [0, 0.1) is 0 Å². The first-order valence-corrected chi connectivity index (χ1v) is 8.69. The summed E-state index contributed by atoms with van der Waals surface area (Å²) in [7, 11) is 0. The van der Waals surface area contributed by atoms with Gasteiger partial charge in [0.25, 0.3) is 0 Å². The molecule has 0 fully saturated rings. The maximum absolute atomic E-state index is 4.64. The van der Waals surface area contributed by atoms with Crippen LogP contribution in [0.25, 0.3) is 44.1 Å². The molecule has 0 aliphatic rings. The summed E-state index contributed by atoms with van der Waals surface area (Å²) in [6.07, 6.45) is 3.71. The molecule has 26 heavy (non-hydrogen) atoms. The Labute approximate surface area is 151 Å². The van der Waals surface area contributed by atoms with E-state index in [0.717, 1.165) is 32.9 Å². The van der Waals surface area contributed by atoms with E-state index >= 15 is 0 Å². The van der Waals surface area contributed by atoms with Gasteiger partial charge in [0.2, 0.25) is 0 Å². The van der Waals surface area contributed by atoms with Crippen LogP contribution in [0.5, 0.6) is 0 Å². The van der Waals surface area contributed by atoms with Gasteiger partial charge in [-0.25, -0.2) is 0 Å². The number of para-hydroxylation sites is 2. The molecular formula is C24H16N2. The second kappa shape index (κ2) is 6.08. The quantitative estimate of drug-likeness (QED) is 0.389. The van der Waals surface area contributed by atoms with Crippen molar-refractivity contribution < 1.29 is 0 Å². The van der Waals surface area contributed by atoms with Gasteiger partial charge in [-0.1, -0.05) is 72.8 Å². The van der Waals surface area contributed by atoms with Crippen molar-refractivity contribution in [2.45, 2.75) is 0 Å². The van der Waals surface area contributed by atoms with Crippen molar-refractivity contribution in [3.63, 3.8) is 0 Å². The maximum Gasteiger partial charge on any atom is 0.0780 e. The summed E-state index contributed by atoms with van der Waals surface area (Å²) in [5, 5.41) is 2.30. The number of hydrogen-bond donors (Lipinski definition) is 0. The van der Waals surface area contributed by atoms with Crippen LogP contribution >= 0.6 is 0 Å². The van der Waals surface area contributed by atoms with Gasteiger partial charge in [0.15, 0.2) is 0 Å². The first kappa shape index (κ1) is 14.8. The van der Waals surface area contributed by atoms with Gasteiger partial charge < -0.3 is 0 Å². The third kappa shape index (κ3) is 2.35. The van der Waals surface area contributed by atoms with Crippen LogP contribution in [-0.4, -0.2) is 9.97 Å². The van der Waals surface area contributed by atoms with Crippen molar-refractivity contribution in [1.29, 1.82) is 0 Å². The van der Waals surface area contributed by atoms with Crippen molar-refractivity contribution >= 4 is 21.8 Å².